The van der Waals surface area contributed by atoms with Gasteiger partial charge in [-0.05, 0) is 45.7 Å². The van der Waals surface area contributed by atoms with Gasteiger partial charge in [0.15, 0.2) is 0 Å². The number of hydrogen-bond acceptors (Lipinski definition) is 2. The Labute approximate surface area is 117 Å². The zero-order valence-electron chi connectivity index (χ0n) is 12.6. The van der Waals surface area contributed by atoms with Crippen LogP contribution in [0.2, 0.25) is 6.32 Å². The van der Waals surface area contributed by atoms with Gasteiger partial charge >= 0.3 is 7.12 Å². The molecule has 0 saturated carbocycles. The van der Waals surface area contributed by atoms with Crippen molar-refractivity contribution in [2.45, 2.75) is 52.1 Å². The molecule has 0 unspecified atom stereocenters. The average Bonchev–Trinajstić information content (AvgIpc) is 2.50. The Morgan fingerprint density at radius 1 is 1.05 bits per heavy atom. The van der Waals surface area contributed by atoms with Crippen LogP contribution in [-0.4, -0.2) is 18.3 Å². The van der Waals surface area contributed by atoms with Crippen LogP contribution >= 0.6 is 0 Å². The van der Waals surface area contributed by atoms with Crippen molar-refractivity contribution >= 4 is 13.2 Å². The van der Waals surface area contributed by atoms with Gasteiger partial charge in [0.25, 0.3) is 0 Å². The monoisotopic (exact) mass is 258 g/mol. The second-order valence-electron chi connectivity index (χ2n) is 6.18. The largest absolute Gasteiger partial charge is 0.461 e. The summed E-state index contributed by atoms with van der Waals surface area (Å²) in [5.74, 6) is 0. The van der Waals surface area contributed by atoms with Gasteiger partial charge in [-0.25, -0.2) is 0 Å². The molecular weight excluding hydrogens is 235 g/mol. The smallest absolute Gasteiger partial charge is 0.403 e. The number of hydrogen-bond donors (Lipinski definition) is 0. The van der Waals surface area contributed by atoms with E-state index in [0.717, 1.165) is 6.32 Å². The zero-order valence-corrected chi connectivity index (χ0v) is 12.6. The Morgan fingerprint density at radius 3 is 2.21 bits per heavy atom. The van der Waals surface area contributed by atoms with E-state index in [9.17, 15) is 0 Å². The Morgan fingerprint density at radius 2 is 1.63 bits per heavy atom. The van der Waals surface area contributed by atoms with Gasteiger partial charge in [0.05, 0.1) is 11.2 Å². The minimum Gasteiger partial charge on any atom is -0.403 e. The molecule has 0 spiro atoms. The summed E-state index contributed by atoms with van der Waals surface area (Å²) in [7, 11) is -0.148. The molecule has 0 radical (unpaired) electrons. The molecule has 1 heterocycles. The highest BCUT2D eigenvalue weighted by atomic mass is 16.7. The van der Waals surface area contributed by atoms with Crippen molar-refractivity contribution in [1.29, 1.82) is 0 Å². The fourth-order valence-electron chi connectivity index (χ4n) is 2.14. The molecule has 1 fully saturated rings. The fourth-order valence-corrected chi connectivity index (χ4v) is 2.14. The first-order chi connectivity index (χ1) is 8.82. The number of allylic oxidation sites excluding steroid dienone is 1. The van der Waals surface area contributed by atoms with Crippen LogP contribution in [0.3, 0.4) is 0 Å². The lowest BCUT2D eigenvalue weighted by Gasteiger charge is -2.32. The Hall–Kier alpha value is -1.06. The summed E-state index contributed by atoms with van der Waals surface area (Å²) in [4.78, 5) is 0. The highest BCUT2D eigenvalue weighted by molar-refractivity contribution is 6.46. The third-order valence-electron chi connectivity index (χ3n) is 4.12. The molecule has 0 aliphatic carbocycles. The van der Waals surface area contributed by atoms with Gasteiger partial charge in [0.1, 0.15) is 0 Å². The van der Waals surface area contributed by atoms with Crippen LogP contribution < -0.4 is 0 Å². The molecule has 1 aromatic carbocycles. The molecule has 1 aliphatic heterocycles. The third kappa shape index (κ3) is 3.10. The van der Waals surface area contributed by atoms with Gasteiger partial charge in [-0.2, -0.15) is 0 Å². The topological polar surface area (TPSA) is 18.5 Å². The summed E-state index contributed by atoms with van der Waals surface area (Å²) in [5, 5.41) is 0. The van der Waals surface area contributed by atoms with Crippen LogP contribution in [0.15, 0.2) is 30.3 Å². The SMILES string of the molecule is Cc1ccccc1/C=C/CB1OC(C)(C)C(C)(C)O1. The Balaban J connectivity index is 1.96. The maximum atomic E-state index is 5.96. The predicted octanol–water partition coefficient (Wildman–Crippen LogP) is 4.10. The molecule has 0 amide bonds. The van der Waals surface area contributed by atoms with Gasteiger partial charge in [-0.1, -0.05) is 36.4 Å². The maximum absolute atomic E-state index is 5.96. The number of aryl methyl sites for hydroxylation is 1. The summed E-state index contributed by atoms with van der Waals surface area (Å²) >= 11 is 0. The van der Waals surface area contributed by atoms with Gasteiger partial charge in [0, 0.05) is 6.32 Å². The van der Waals surface area contributed by atoms with E-state index >= 15 is 0 Å². The highest BCUT2D eigenvalue weighted by Gasteiger charge is 2.50. The minimum atomic E-state index is -0.242. The van der Waals surface area contributed by atoms with Gasteiger partial charge in [0.2, 0.25) is 0 Å². The maximum Gasteiger partial charge on any atom is 0.461 e. The third-order valence-corrected chi connectivity index (χ3v) is 4.12. The van der Waals surface area contributed by atoms with Gasteiger partial charge < -0.3 is 9.31 Å². The summed E-state index contributed by atoms with van der Waals surface area (Å²) in [6.45, 7) is 10.4. The summed E-state index contributed by atoms with van der Waals surface area (Å²) in [5.41, 5.74) is 2.05. The van der Waals surface area contributed by atoms with Crippen LogP contribution in [0.5, 0.6) is 0 Å². The molecule has 1 aliphatic rings. The predicted molar refractivity (Wildman–Crippen MR) is 81.1 cm³/mol. The van der Waals surface area contributed by atoms with Crippen LogP contribution in [0.1, 0.15) is 38.8 Å². The lowest BCUT2D eigenvalue weighted by Crippen LogP contribution is -2.41. The zero-order chi connectivity index (χ0) is 14.1. The minimum absolute atomic E-state index is 0.148. The van der Waals surface area contributed by atoms with Crippen molar-refractivity contribution in [1.82, 2.24) is 0 Å². The lowest BCUT2D eigenvalue weighted by molar-refractivity contribution is 0.00578. The van der Waals surface area contributed by atoms with E-state index < -0.39 is 0 Å². The second-order valence-corrected chi connectivity index (χ2v) is 6.18. The van der Waals surface area contributed by atoms with E-state index in [2.05, 4.69) is 71.0 Å². The molecule has 2 nitrogen and oxygen atoms in total. The molecular formula is C16H23BO2. The van der Waals surface area contributed by atoms with Crippen LogP contribution in [0, 0.1) is 6.92 Å². The molecule has 0 atom stereocenters. The van der Waals surface area contributed by atoms with Crippen LogP contribution in [0.4, 0.5) is 0 Å². The first-order valence-corrected chi connectivity index (χ1v) is 6.90. The van der Waals surface area contributed by atoms with E-state index in [4.69, 9.17) is 9.31 Å². The Bertz CT molecular complexity index is 461. The number of rotatable bonds is 3. The molecule has 0 N–H and O–H groups in total. The van der Waals surface area contributed by atoms with Crippen molar-refractivity contribution in [3.05, 3.63) is 41.5 Å². The van der Waals surface area contributed by atoms with E-state index in [1.165, 1.54) is 11.1 Å². The van der Waals surface area contributed by atoms with E-state index in [0.29, 0.717) is 0 Å². The molecule has 0 aromatic heterocycles. The standard InChI is InChI=1S/C16H23BO2/c1-13-9-6-7-10-14(13)11-8-12-17-18-15(2,3)16(4,5)19-17/h6-11H,12H2,1-5H3/b11-8+. The second kappa shape index (κ2) is 5.14. The van der Waals surface area contributed by atoms with E-state index in [1.807, 2.05) is 0 Å². The molecule has 0 bridgehead atoms. The summed E-state index contributed by atoms with van der Waals surface area (Å²) < 4.78 is 11.9. The van der Waals surface area contributed by atoms with E-state index in [1.54, 1.807) is 0 Å². The molecule has 1 saturated heterocycles. The number of benzene rings is 1. The van der Waals surface area contributed by atoms with E-state index in [-0.39, 0.29) is 18.3 Å². The summed E-state index contributed by atoms with van der Waals surface area (Å²) in [6.07, 6.45) is 5.05. The average molecular weight is 258 g/mol. The van der Waals surface area contributed by atoms with Crippen molar-refractivity contribution in [2.24, 2.45) is 0 Å². The van der Waals surface area contributed by atoms with Crippen molar-refractivity contribution in [3.63, 3.8) is 0 Å². The molecule has 3 heteroatoms. The molecule has 102 valence electrons. The summed E-state index contributed by atoms with van der Waals surface area (Å²) in [6, 6.07) is 8.35. The van der Waals surface area contributed by atoms with Crippen LogP contribution in [0.25, 0.3) is 6.08 Å². The van der Waals surface area contributed by atoms with Gasteiger partial charge in [-0.15, -0.1) is 0 Å². The van der Waals surface area contributed by atoms with Crippen molar-refractivity contribution in [3.8, 4) is 0 Å². The van der Waals surface area contributed by atoms with Crippen molar-refractivity contribution < 1.29 is 9.31 Å². The fraction of sp³-hybridized carbons (Fsp3) is 0.500. The van der Waals surface area contributed by atoms with Gasteiger partial charge in [-0.3, -0.25) is 0 Å². The normalized spacial score (nSPS) is 21.2. The lowest BCUT2D eigenvalue weighted by atomic mass is 9.84. The molecule has 2 rings (SSSR count). The quantitative estimate of drug-likeness (QED) is 0.760. The first-order valence-electron chi connectivity index (χ1n) is 6.90. The molecule has 1 aromatic rings. The van der Waals surface area contributed by atoms with Crippen molar-refractivity contribution in [2.75, 3.05) is 0 Å². The molecule has 19 heavy (non-hydrogen) atoms. The van der Waals surface area contributed by atoms with Crippen LogP contribution in [-0.2, 0) is 9.31 Å². The highest BCUT2D eigenvalue weighted by Crippen LogP contribution is 2.37. The first kappa shape index (κ1) is 14.4. The Kier molecular flexibility index (Phi) is 3.89.